The van der Waals surface area contributed by atoms with E-state index in [0.29, 0.717) is 0 Å². The van der Waals surface area contributed by atoms with Crippen LogP contribution in [0.15, 0.2) is 36.5 Å². The third-order valence-electron chi connectivity index (χ3n) is 2.82. The lowest BCUT2D eigenvalue weighted by Crippen LogP contribution is -1.98. The normalized spacial score (nSPS) is 10.9. The first-order chi connectivity index (χ1) is 8.27. The first-order valence-corrected chi connectivity index (χ1v) is 5.50. The third kappa shape index (κ3) is 1.49. The Morgan fingerprint density at radius 2 is 1.76 bits per heavy atom. The summed E-state index contributed by atoms with van der Waals surface area (Å²) in [6.45, 7) is 3.95. The fourth-order valence-electron chi connectivity index (χ4n) is 1.93. The van der Waals surface area contributed by atoms with E-state index < -0.39 is 0 Å². The molecule has 0 unspecified atom stereocenters. The second kappa shape index (κ2) is 3.66. The summed E-state index contributed by atoms with van der Waals surface area (Å²) in [5.74, 6) is 0.864. The quantitative estimate of drug-likeness (QED) is 0.637. The second-order valence-electron chi connectivity index (χ2n) is 4.03. The van der Waals surface area contributed by atoms with Crippen molar-refractivity contribution in [1.82, 2.24) is 19.6 Å². The molecule has 0 saturated carbocycles. The van der Waals surface area contributed by atoms with Crippen LogP contribution >= 0.6 is 0 Å². The minimum Gasteiger partial charge on any atom is -0.277 e. The molecule has 0 N–H and O–H groups in total. The number of rotatable bonds is 1. The zero-order chi connectivity index (χ0) is 11.8. The Hall–Kier alpha value is -2.23. The van der Waals surface area contributed by atoms with Crippen LogP contribution in [0.25, 0.3) is 17.0 Å². The molecule has 0 fully saturated rings. The Morgan fingerprint density at radius 1 is 1.00 bits per heavy atom. The highest BCUT2D eigenvalue weighted by Gasteiger charge is 2.11. The standard InChI is InChI=1S/C13H12N4/c1-9-8-14-10(2)12-15-16-13(17(9)12)11-6-4-3-5-7-11/h3-8H,1-2H3. The maximum Gasteiger partial charge on any atom is 0.182 e. The minimum absolute atomic E-state index is 0.823. The van der Waals surface area contributed by atoms with Gasteiger partial charge < -0.3 is 0 Å². The summed E-state index contributed by atoms with van der Waals surface area (Å²) in [5, 5.41) is 8.47. The molecule has 4 nitrogen and oxygen atoms in total. The van der Waals surface area contributed by atoms with Crippen LogP contribution in [0.3, 0.4) is 0 Å². The van der Waals surface area contributed by atoms with Crippen LogP contribution in [0.4, 0.5) is 0 Å². The molecule has 2 aromatic heterocycles. The van der Waals surface area contributed by atoms with Gasteiger partial charge in [0.15, 0.2) is 11.5 Å². The lowest BCUT2D eigenvalue weighted by atomic mass is 10.2. The molecule has 0 saturated heterocycles. The molecule has 0 aliphatic rings. The lowest BCUT2D eigenvalue weighted by Gasteiger charge is -2.04. The van der Waals surface area contributed by atoms with Crippen molar-refractivity contribution in [2.75, 3.05) is 0 Å². The van der Waals surface area contributed by atoms with Crippen molar-refractivity contribution in [3.05, 3.63) is 47.9 Å². The van der Waals surface area contributed by atoms with Gasteiger partial charge >= 0.3 is 0 Å². The average Bonchev–Trinajstić information content (AvgIpc) is 2.81. The predicted molar refractivity (Wildman–Crippen MR) is 65.7 cm³/mol. The largest absolute Gasteiger partial charge is 0.277 e. The SMILES string of the molecule is Cc1ncc(C)n2c(-c3ccccc3)nnc12. The van der Waals surface area contributed by atoms with Gasteiger partial charge in [-0.05, 0) is 13.8 Å². The molecule has 0 aliphatic carbocycles. The van der Waals surface area contributed by atoms with E-state index in [4.69, 9.17) is 0 Å². The molecule has 17 heavy (non-hydrogen) atoms. The van der Waals surface area contributed by atoms with Gasteiger partial charge in [0.25, 0.3) is 0 Å². The Morgan fingerprint density at radius 3 is 2.53 bits per heavy atom. The van der Waals surface area contributed by atoms with Gasteiger partial charge in [0.1, 0.15) is 0 Å². The number of hydrogen-bond acceptors (Lipinski definition) is 3. The van der Waals surface area contributed by atoms with E-state index >= 15 is 0 Å². The van der Waals surface area contributed by atoms with Gasteiger partial charge in [-0.15, -0.1) is 10.2 Å². The van der Waals surface area contributed by atoms with Crippen molar-refractivity contribution in [2.24, 2.45) is 0 Å². The van der Waals surface area contributed by atoms with Crippen molar-refractivity contribution in [2.45, 2.75) is 13.8 Å². The Balaban J connectivity index is 2.36. The van der Waals surface area contributed by atoms with E-state index in [1.807, 2.05) is 54.8 Å². The smallest absolute Gasteiger partial charge is 0.182 e. The van der Waals surface area contributed by atoms with Gasteiger partial charge in [-0.2, -0.15) is 0 Å². The van der Waals surface area contributed by atoms with E-state index in [1.165, 1.54) is 0 Å². The maximum atomic E-state index is 4.29. The number of aromatic nitrogens is 4. The highest BCUT2D eigenvalue weighted by atomic mass is 15.3. The molecule has 2 heterocycles. The van der Waals surface area contributed by atoms with Gasteiger partial charge in [-0.3, -0.25) is 9.38 Å². The predicted octanol–water partition coefficient (Wildman–Crippen LogP) is 2.41. The van der Waals surface area contributed by atoms with Crippen LogP contribution in [0, 0.1) is 13.8 Å². The van der Waals surface area contributed by atoms with Gasteiger partial charge in [-0.1, -0.05) is 30.3 Å². The molecule has 3 rings (SSSR count). The van der Waals surface area contributed by atoms with Crippen LogP contribution in [0.2, 0.25) is 0 Å². The molecule has 0 atom stereocenters. The van der Waals surface area contributed by atoms with Crippen molar-refractivity contribution in [1.29, 1.82) is 0 Å². The van der Waals surface area contributed by atoms with Crippen molar-refractivity contribution in [3.8, 4) is 11.4 Å². The highest BCUT2D eigenvalue weighted by molar-refractivity contribution is 5.60. The zero-order valence-corrected chi connectivity index (χ0v) is 9.75. The summed E-state index contributed by atoms with van der Waals surface area (Å²) < 4.78 is 2.04. The average molecular weight is 224 g/mol. The first-order valence-electron chi connectivity index (χ1n) is 5.50. The van der Waals surface area contributed by atoms with Crippen LogP contribution in [-0.4, -0.2) is 19.6 Å². The Kier molecular flexibility index (Phi) is 2.14. The van der Waals surface area contributed by atoms with E-state index in [9.17, 15) is 0 Å². The maximum absolute atomic E-state index is 4.29. The van der Waals surface area contributed by atoms with Crippen molar-refractivity contribution < 1.29 is 0 Å². The Bertz CT molecular complexity index is 670. The second-order valence-corrected chi connectivity index (χ2v) is 4.03. The fraction of sp³-hybridized carbons (Fsp3) is 0.154. The van der Waals surface area contributed by atoms with Crippen LogP contribution < -0.4 is 0 Å². The molecule has 0 aliphatic heterocycles. The van der Waals surface area contributed by atoms with Gasteiger partial charge in [0, 0.05) is 17.5 Å². The number of benzene rings is 1. The summed E-state index contributed by atoms with van der Waals surface area (Å²) in [4.78, 5) is 4.29. The third-order valence-corrected chi connectivity index (χ3v) is 2.82. The first kappa shape index (κ1) is 9.96. The zero-order valence-electron chi connectivity index (χ0n) is 9.75. The molecule has 3 aromatic rings. The molecule has 1 aromatic carbocycles. The number of fused-ring (bicyclic) bond motifs is 1. The van der Waals surface area contributed by atoms with E-state index in [1.54, 1.807) is 0 Å². The van der Waals surface area contributed by atoms with Crippen LogP contribution in [0.5, 0.6) is 0 Å². The Labute approximate surface area is 99.0 Å². The molecular formula is C13H12N4. The fourth-order valence-corrected chi connectivity index (χ4v) is 1.93. The topological polar surface area (TPSA) is 43.1 Å². The van der Waals surface area contributed by atoms with E-state index in [2.05, 4.69) is 15.2 Å². The monoisotopic (exact) mass is 224 g/mol. The molecule has 4 heteroatoms. The number of nitrogens with zero attached hydrogens (tertiary/aromatic N) is 4. The summed E-state index contributed by atoms with van der Waals surface area (Å²) >= 11 is 0. The summed E-state index contributed by atoms with van der Waals surface area (Å²) in [5.41, 5.74) is 3.82. The van der Waals surface area contributed by atoms with Crippen molar-refractivity contribution >= 4 is 5.65 Å². The molecule has 0 amide bonds. The number of hydrogen-bond donors (Lipinski definition) is 0. The van der Waals surface area contributed by atoms with Gasteiger partial charge in [0.05, 0.1) is 5.69 Å². The van der Waals surface area contributed by atoms with Gasteiger partial charge in [-0.25, -0.2) is 0 Å². The number of aryl methyl sites for hydroxylation is 2. The summed E-state index contributed by atoms with van der Waals surface area (Å²) in [6.07, 6.45) is 1.85. The highest BCUT2D eigenvalue weighted by Crippen LogP contribution is 2.20. The molecule has 0 bridgehead atoms. The summed E-state index contributed by atoms with van der Waals surface area (Å²) in [6, 6.07) is 10.1. The van der Waals surface area contributed by atoms with Crippen molar-refractivity contribution in [3.63, 3.8) is 0 Å². The molecular weight excluding hydrogens is 212 g/mol. The van der Waals surface area contributed by atoms with E-state index in [0.717, 1.165) is 28.4 Å². The van der Waals surface area contributed by atoms with Gasteiger partial charge in [0.2, 0.25) is 0 Å². The summed E-state index contributed by atoms with van der Waals surface area (Å²) in [7, 11) is 0. The molecule has 0 spiro atoms. The lowest BCUT2D eigenvalue weighted by molar-refractivity contribution is 1.02. The van der Waals surface area contributed by atoms with Crippen LogP contribution in [-0.2, 0) is 0 Å². The molecule has 0 radical (unpaired) electrons. The van der Waals surface area contributed by atoms with Crippen LogP contribution in [0.1, 0.15) is 11.4 Å². The van der Waals surface area contributed by atoms with E-state index in [-0.39, 0.29) is 0 Å². The minimum atomic E-state index is 0.823. The molecule has 84 valence electrons.